The van der Waals surface area contributed by atoms with E-state index in [1.54, 1.807) is 0 Å². The summed E-state index contributed by atoms with van der Waals surface area (Å²) in [5.41, 5.74) is -0.258. The number of nitro groups is 1. The van der Waals surface area contributed by atoms with Crippen LogP contribution in [0.3, 0.4) is 0 Å². The van der Waals surface area contributed by atoms with Gasteiger partial charge >= 0.3 is 0 Å². The van der Waals surface area contributed by atoms with Crippen molar-refractivity contribution in [2.45, 2.75) is 25.8 Å². The zero-order valence-corrected chi connectivity index (χ0v) is 11.1. The minimum atomic E-state index is -0.742. The molecule has 2 atom stereocenters. The summed E-state index contributed by atoms with van der Waals surface area (Å²) in [7, 11) is 0. The van der Waals surface area contributed by atoms with Gasteiger partial charge in [-0.15, -0.1) is 0 Å². The van der Waals surface area contributed by atoms with Gasteiger partial charge in [-0.2, -0.15) is 0 Å². The Kier molecular flexibility index (Phi) is 4.29. The van der Waals surface area contributed by atoms with Crippen LogP contribution in [0.2, 0.25) is 0 Å². The van der Waals surface area contributed by atoms with E-state index < -0.39 is 10.7 Å². The van der Waals surface area contributed by atoms with Gasteiger partial charge in [0.25, 0.3) is 5.69 Å². The Labute approximate surface area is 115 Å². The van der Waals surface area contributed by atoms with Crippen LogP contribution in [0.1, 0.15) is 19.8 Å². The molecule has 20 heavy (non-hydrogen) atoms. The third kappa shape index (κ3) is 3.51. The summed E-state index contributed by atoms with van der Waals surface area (Å²) in [6, 6.07) is 3.31. The Morgan fingerprint density at radius 2 is 2.25 bits per heavy atom. The van der Waals surface area contributed by atoms with Gasteiger partial charge in [0.2, 0.25) is 5.91 Å². The van der Waals surface area contributed by atoms with E-state index in [1.165, 1.54) is 0 Å². The van der Waals surface area contributed by atoms with Crippen LogP contribution < -0.4 is 10.6 Å². The number of anilines is 1. The molecule has 1 aromatic carbocycles. The summed E-state index contributed by atoms with van der Waals surface area (Å²) < 4.78 is 13.3. The first kappa shape index (κ1) is 14.4. The van der Waals surface area contributed by atoms with E-state index >= 15 is 0 Å². The van der Waals surface area contributed by atoms with Crippen LogP contribution in [0, 0.1) is 21.8 Å². The van der Waals surface area contributed by atoms with Gasteiger partial charge < -0.3 is 10.6 Å². The lowest BCUT2D eigenvalue weighted by atomic mass is 9.92. The molecule has 0 radical (unpaired) electrons. The number of hydrogen-bond donors (Lipinski definition) is 2. The highest BCUT2D eigenvalue weighted by atomic mass is 19.1. The van der Waals surface area contributed by atoms with Gasteiger partial charge in [-0.05, 0) is 32.4 Å². The van der Waals surface area contributed by atoms with Crippen LogP contribution >= 0.6 is 0 Å². The molecule has 0 saturated carbocycles. The first-order valence-corrected chi connectivity index (χ1v) is 6.45. The third-order valence-electron chi connectivity index (χ3n) is 3.36. The number of non-ortho nitro benzene ring substituents is 1. The molecule has 0 aromatic heterocycles. The summed E-state index contributed by atoms with van der Waals surface area (Å²) in [6.07, 6.45) is 1.40. The van der Waals surface area contributed by atoms with Crippen molar-refractivity contribution in [1.82, 2.24) is 5.32 Å². The number of halogens is 1. The standard InChI is InChI=1S/C13H16FN3O3/c1-8-4-9(2-3-15-8)13(18)16-11-5-10(14)6-12(7-11)17(19)20/h5-9,15H,2-4H2,1H3,(H,16,18). The molecule has 0 bridgehead atoms. The van der Waals surface area contributed by atoms with Crippen molar-refractivity contribution in [3.8, 4) is 0 Å². The summed E-state index contributed by atoms with van der Waals surface area (Å²) in [5, 5.41) is 16.4. The van der Waals surface area contributed by atoms with Gasteiger partial charge in [0, 0.05) is 18.0 Å². The van der Waals surface area contributed by atoms with E-state index in [-0.39, 0.29) is 29.2 Å². The van der Waals surface area contributed by atoms with Gasteiger partial charge in [0.1, 0.15) is 5.82 Å². The highest BCUT2D eigenvalue weighted by Crippen LogP contribution is 2.22. The smallest absolute Gasteiger partial charge is 0.274 e. The highest BCUT2D eigenvalue weighted by Gasteiger charge is 2.25. The number of amides is 1. The predicted octanol–water partition coefficient (Wildman–Crippen LogP) is 2.06. The fraction of sp³-hybridized carbons (Fsp3) is 0.462. The first-order valence-electron chi connectivity index (χ1n) is 6.45. The Morgan fingerprint density at radius 3 is 2.90 bits per heavy atom. The van der Waals surface area contributed by atoms with E-state index in [0.717, 1.165) is 24.7 Å². The molecule has 2 rings (SSSR count). The molecule has 1 fully saturated rings. The maximum Gasteiger partial charge on any atom is 0.274 e. The highest BCUT2D eigenvalue weighted by molar-refractivity contribution is 5.92. The average molecular weight is 281 g/mol. The number of piperidine rings is 1. The minimum absolute atomic E-state index is 0.118. The number of nitrogens with one attached hydrogen (secondary N) is 2. The molecule has 2 N–H and O–H groups in total. The average Bonchev–Trinajstić information content (AvgIpc) is 2.37. The topological polar surface area (TPSA) is 84.3 Å². The molecule has 1 heterocycles. The van der Waals surface area contributed by atoms with Crippen molar-refractivity contribution >= 4 is 17.3 Å². The summed E-state index contributed by atoms with van der Waals surface area (Å²) in [5.74, 6) is -1.12. The molecule has 1 aromatic rings. The molecule has 108 valence electrons. The zero-order chi connectivity index (χ0) is 14.7. The van der Waals surface area contributed by atoms with E-state index in [4.69, 9.17) is 0 Å². The van der Waals surface area contributed by atoms with Crippen LogP contribution in [-0.2, 0) is 4.79 Å². The largest absolute Gasteiger partial charge is 0.325 e. The number of nitrogens with zero attached hydrogens (tertiary/aromatic N) is 1. The van der Waals surface area contributed by atoms with Crippen LogP contribution in [0.4, 0.5) is 15.8 Å². The maximum atomic E-state index is 13.3. The lowest BCUT2D eigenvalue weighted by Gasteiger charge is -2.27. The van der Waals surface area contributed by atoms with Gasteiger partial charge in [0.15, 0.2) is 0 Å². The lowest BCUT2D eigenvalue weighted by molar-refractivity contribution is -0.385. The molecule has 0 spiro atoms. The predicted molar refractivity (Wildman–Crippen MR) is 71.9 cm³/mol. The molecule has 6 nitrogen and oxygen atoms in total. The van der Waals surface area contributed by atoms with E-state index in [1.807, 2.05) is 6.92 Å². The fourth-order valence-electron chi connectivity index (χ4n) is 2.37. The number of carbonyl (C=O) groups is 1. The molecule has 1 aliphatic heterocycles. The van der Waals surface area contributed by atoms with Gasteiger partial charge in [-0.25, -0.2) is 4.39 Å². The number of rotatable bonds is 3. The molecule has 1 amide bonds. The van der Waals surface area contributed by atoms with Crippen LogP contribution in [0.5, 0.6) is 0 Å². The molecule has 0 aliphatic carbocycles. The summed E-state index contributed by atoms with van der Waals surface area (Å²) in [6.45, 7) is 2.75. The quantitative estimate of drug-likeness (QED) is 0.656. The Hall–Kier alpha value is -2.02. The fourth-order valence-corrected chi connectivity index (χ4v) is 2.37. The normalized spacial score (nSPS) is 22.3. The number of carbonyl (C=O) groups excluding carboxylic acids is 1. The molecule has 2 unspecified atom stereocenters. The van der Waals surface area contributed by atoms with E-state index in [0.29, 0.717) is 12.8 Å². The molecular formula is C13H16FN3O3. The molecular weight excluding hydrogens is 265 g/mol. The second-order valence-corrected chi connectivity index (χ2v) is 5.02. The van der Waals surface area contributed by atoms with Crippen LogP contribution in [0.15, 0.2) is 18.2 Å². The van der Waals surface area contributed by atoms with E-state index in [9.17, 15) is 19.3 Å². The third-order valence-corrected chi connectivity index (χ3v) is 3.36. The lowest BCUT2D eigenvalue weighted by Crippen LogP contribution is -2.40. The zero-order valence-electron chi connectivity index (χ0n) is 11.1. The van der Waals surface area contributed by atoms with Gasteiger partial charge in [-0.3, -0.25) is 14.9 Å². The number of benzene rings is 1. The SMILES string of the molecule is CC1CC(C(=O)Nc2cc(F)cc([N+](=O)[O-])c2)CCN1. The van der Waals surface area contributed by atoms with Crippen molar-refractivity contribution in [2.24, 2.45) is 5.92 Å². The molecule has 1 saturated heterocycles. The summed E-state index contributed by atoms with van der Waals surface area (Å²) in [4.78, 5) is 22.0. The van der Waals surface area contributed by atoms with Crippen molar-refractivity contribution < 1.29 is 14.1 Å². The van der Waals surface area contributed by atoms with Crippen molar-refractivity contribution in [1.29, 1.82) is 0 Å². The second-order valence-electron chi connectivity index (χ2n) is 5.02. The number of nitro benzene ring substituents is 1. The molecule has 7 heteroatoms. The Bertz CT molecular complexity index is 536. The summed E-state index contributed by atoms with van der Waals surface area (Å²) >= 11 is 0. The van der Waals surface area contributed by atoms with Crippen molar-refractivity contribution in [2.75, 3.05) is 11.9 Å². The van der Waals surface area contributed by atoms with E-state index in [2.05, 4.69) is 10.6 Å². The maximum absolute atomic E-state index is 13.3. The van der Waals surface area contributed by atoms with Crippen molar-refractivity contribution in [3.63, 3.8) is 0 Å². The van der Waals surface area contributed by atoms with Gasteiger partial charge in [0.05, 0.1) is 16.7 Å². The first-order chi connectivity index (χ1) is 9.45. The van der Waals surface area contributed by atoms with Crippen LogP contribution in [0.25, 0.3) is 0 Å². The monoisotopic (exact) mass is 281 g/mol. The van der Waals surface area contributed by atoms with Crippen LogP contribution in [-0.4, -0.2) is 23.4 Å². The van der Waals surface area contributed by atoms with Crippen molar-refractivity contribution in [3.05, 3.63) is 34.1 Å². The second kappa shape index (κ2) is 5.96. The van der Waals surface area contributed by atoms with Gasteiger partial charge in [-0.1, -0.05) is 0 Å². The number of hydrogen-bond acceptors (Lipinski definition) is 4. The Balaban J connectivity index is 2.09. The Morgan fingerprint density at radius 1 is 1.50 bits per heavy atom. The molecule has 1 aliphatic rings. The minimum Gasteiger partial charge on any atom is -0.325 e.